The maximum Gasteiger partial charge on any atom is 0.212 e. The fraction of sp³-hybridized carbons (Fsp3) is 0.571. The first-order valence-corrected chi connectivity index (χ1v) is 19.5. The third-order valence-electron chi connectivity index (χ3n) is 10.7. The van der Waals surface area contributed by atoms with Crippen molar-refractivity contribution in [3.8, 4) is 11.8 Å². The summed E-state index contributed by atoms with van der Waals surface area (Å²) in [6.45, 7) is 8.61. The normalized spacial score (nSPS) is 16.6. The average molecular weight is 725 g/mol. The highest BCUT2D eigenvalue weighted by atomic mass is 19.1. The second-order valence-electron chi connectivity index (χ2n) is 14.7. The molecule has 2 atom stereocenters. The number of hydrogen-bond donors (Lipinski definition) is 0. The van der Waals surface area contributed by atoms with Gasteiger partial charge in [-0.2, -0.15) is 10.2 Å². The molecule has 2 saturated carbocycles. The Kier molecular flexibility index (Phi) is 14.6. The van der Waals surface area contributed by atoms with E-state index >= 15 is 0 Å². The molecule has 2 unspecified atom stereocenters. The minimum atomic E-state index is -0.458. The van der Waals surface area contributed by atoms with Crippen LogP contribution in [-0.2, 0) is 26.1 Å². The van der Waals surface area contributed by atoms with Crippen LogP contribution in [0.3, 0.4) is 0 Å². The minimum absolute atomic E-state index is 0.00175. The molecule has 4 aromatic rings. The molecule has 2 aromatic heterocycles. The van der Waals surface area contributed by atoms with Crippen molar-refractivity contribution < 1.29 is 27.0 Å². The van der Waals surface area contributed by atoms with E-state index in [1.807, 2.05) is 21.5 Å². The van der Waals surface area contributed by atoms with Gasteiger partial charge in [-0.3, -0.25) is 0 Å². The summed E-state index contributed by atoms with van der Waals surface area (Å²) in [4.78, 5) is 0. The molecule has 6 rings (SSSR count). The summed E-state index contributed by atoms with van der Waals surface area (Å²) in [5.74, 6) is 0.655. The van der Waals surface area contributed by atoms with Gasteiger partial charge in [0, 0.05) is 23.3 Å². The van der Waals surface area contributed by atoms with Crippen LogP contribution in [-0.4, -0.2) is 19.6 Å². The zero-order chi connectivity index (χ0) is 37.0. The SMILES string of the molecule is CCCc1cc(OCc2cc(F)ccc2F)n(C(C)C2CCCCC2)n1.CCCc1cc(OCc2cc(F)ccc2F)n(C(C)C2CCCCC2)n1. The van der Waals surface area contributed by atoms with E-state index in [1.54, 1.807) is 0 Å². The number of aryl methyl sites for hydroxylation is 2. The number of aromatic nitrogens is 4. The van der Waals surface area contributed by atoms with Crippen LogP contribution in [0.4, 0.5) is 17.6 Å². The number of nitrogens with zero attached hydrogens (tertiary/aromatic N) is 4. The Hall–Kier alpha value is -3.82. The minimum Gasteiger partial charge on any atom is -0.473 e. The van der Waals surface area contributed by atoms with Gasteiger partial charge in [0.25, 0.3) is 0 Å². The molecule has 284 valence electrons. The predicted molar refractivity (Wildman–Crippen MR) is 196 cm³/mol. The lowest BCUT2D eigenvalue weighted by Gasteiger charge is -2.28. The van der Waals surface area contributed by atoms with Gasteiger partial charge in [0.05, 0.1) is 23.5 Å². The second-order valence-corrected chi connectivity index (χ2v) is 14.7. The number of halogens is 4. The number of hydrogen-bond acceptors (Lipinski definition) is 4. The Morgan fingerprint density at radius 3 is 1.35 bits per heavy atom. The third kappa shape index (κ3) is 10.6. The van der Waals surface area contributed by atoms with Gasteiger partial charge >= 0.3 is 0 Å². The summed E-state index contributed by atoms with van der Waals surface area (Å²) >= 11 is 0. The van der Waals surface area contributed by atoms with E-state index in [4.69, 9.17) is 19.7 Å². The molecule has 2 aromatic carbocycles. The van der Waals surface area contributed by atoms with E-state index < -0.39 is 23.3 Å². The molecular weight excluding hydrogens is 668 g/mol. The van der Waals surface area contributed by atoms with Gasteiger partial charge in [0.2, 0.25) is 11.8 Å². The van der Waals surface area contributed by atoms with Gasteiger partial charge in [-0.15, -0.1) is 0 Å². The molecule has 0 bridgehead atoms. The van der Waals surface area contributed by atoms with Crippen LogP contribution in [0.5, 0.6) is 11.8 Å². The van der Waals surface area contributed by atoms with Crippen molar-refractivity contribution in [1.82, 2.24) is 19.6 Å². The van der Waals surface area contributed by atoms with Gasteiger partial charge in [-0.05, 0) is 101 Å². The molecule has 6 nitrogen and oxygen atoms in total. The van der Waals surface area contributed by atoms with E-state index in [-0.39, 0.29) is 36.4 Å². The summed E-state index contributed by atoms with van der Waals surface area (Å²) < 4.78 is 70.2. The maximum atomic E-state index is 13.9. The molecule has 10 heteroatoms. The molecule has 0 saturated heterocycles. The Morgan fingerprint density at radius 2 is 0.981 bits per heavy atom. The number of ether oxygens (including phenoxy) is 2. The quantitative estimate of drug-likeness (QED) is 0.122. The first-order valence-electron chi connectivity index (χ1n) is 19.5. The first-order chi connectivity index (χ1) is 25.2. The highest BCUT2D eigenvalue weighted by Crippen LogP contribution is 2.36. The molecule has 0 radical (unpaired) electrons. The zero-order valence-electron chi connectivity index (χ0n) is 31.4. The number of rotatable bonds is 14. The number of benzene rings is 2. The first kappa shape index (κ1) is 39.4. The van der Waals surface area contributed by atoms with Gasteiger partial charge in [0.15, 0.2) is 0 Å². The van der Waals surface area contributed by atoms with E-state index in [2.05, 4.69) is 27.7 Å². The fourth-order valence-electron chi connectivity index (χ4n) is 7.65. The largest absolute Gasteiger partial charge is 0.473 e. The van der Waals surface area contributed by atoms with Crippen molar-refractivity contribution >= 4 is 0 Å². The molecule has 0 aliphatic heterocycles. The van der Waals surface area contributed by atoms with Crippen molar-refractivity contribution in [2.24, 2.45) is 11.8 Å². The van der Waals surface area contributed by atoms with Crippen LogP contribution in [0.15, 0.2) is 48.5 Å². The van der Waals surface area contributed by atoms with Crippen LogP contribution in [0, 0.1) is 35.1 Å². The van der Waals surface area contributed by atoms with Crippen LogP contribution < -0.4 is 9.47 Å². The van der Waals surface area contributed by atoms with Gasteiger partial charge < -0.3 is 9.47 Å². The lowest BCUT2D eigenvalue weighted by Crippen LogP contribution is -2.21. The van der Waals surface area contributed by atoms with Gasteiger partial charge in [0.1, 0.15) is 36.5 Å². The molecule has 0 spiro atoms. The Labute approximate surface area is 306 Å². The lowest BCUT2D eigenvalue weighted by molar-refractivity contribution is 0.208. The smallest absolute Gasteiger partial charge is 0.212 e. The summed E-state index contributed by atoms with van der Waals surface area (Å²) in [6.07, 6.45) is 16.3. The molecule has 52 heavy (non-hydrogen) atoms. The van der Waals surface area contributed by atoms with Crippen molar-refractivity contribution in [2.75, 3.05) is 0 Å². The topological polar surface area (TPSA) is 54.1 Å². The van der Waals surface area contributed by atoms with Crippen molar-refractivity contribution in [3.05, 3.63) is 94.3 Å². The highest BCUT2D eigenvalue weighted by molar-refractivity contribution is 5.23. The summed E-state index contributed by atoms with van der Waals surface area (Å²) in [7, 11) is 0. The average Bonchev–Trinajstić information content (AvgIpc) is 3.76. The van der Waals surface area contributed by atoms with E-state index in [1.165, 1.54) is 76.3 Å². The van der Waals surface area contributed by atoms with E-state index in [0.29, 0.717) is 23.6 Å². The van der Waals surface area contributed by atoms with E-state index in [0.717, 1.165) is 61.3 Å². The third-order valence-corrected chi connectivity index (χ3v) is 10.7. The Bertz CT molecular complexity index is 1570. The lowest BCUT2D eigenvalue weighted by atomic mass is 9.85. The molecule has 0 amide bonds. The van der Waals surface area contributed by atoms with E-state index in [9.17, 15) is 17.6 Å². The van der Waals surface area contributed by atoms with Gasteiger partial charge in [-0.25, -0.2) is 26.9 Å². The molecule has 0 N–H and O–H groups in total. The summed E-state index contributed by atoms with van der Waals surface area (Å²) in [5, 5.41) is 9.50. The Morgan fingerprint density at radius 1 is 0.596 bits per heavy atom. The van der Waals surface area contributed by atoms with Crippen molar-refractivity contribution in [2.45, 2.75) is 143 Å². The fourth-order valence-corrected chi connectivity index (χ4v) is 7.65. The summed E-state index contributed by atoms with van der Waals surface area (Å²) in [5.41, 5.74) is 2.43. The van der Waals surface area contributed by atoms with Crippen LogP contribution in [0.2, 0.25) is 0 Å². The standard InChI is InChI=1S/2C21H28F2N2O/c2*1-3-7-19-13-21(26-14-17-12-18(22)10-11-20(17)23)25(24-19)15(2)16-8-5-4-6-9-16/h2*10-13,15-16H,3-9,14H2,1-2H3. The van der Waals surface area contributed by atoms with Crippen LogP contribution in [0.1, 0.15) is 139 Å². The van der Waals surface area contributed by atoms with Crippen LogP contribution >= 0.6 is 0 Å². The molecule has 2 fully saturated rings. The maximum absolute atomic E-state index is 13.9. The van der Waals surface area contributed by atoms with Crippen molar-refractivity contribution in [3.63, 3.8) is 0 Å². The second kappa shape index (κ2) is 19.3. The molecular formula is C42H56F4N4O2. The molecule has 2 aliphatic carbocycles. The highest BCUT2D eigenvalue weighted by Gasteiger charge is 2.26. The van der Waals surface area contributed by atoms with Crippen LogP contribution in [0.25, 0.3) is 0 Å². The zero-order valence-corrected chi connectivity index (χ0v) is 31.4. The molecule has 2 aliphatic rings. The molecule has 2 heterocycles. The van der Waals surface area contributed by atoms with Crippen molar-refractivity contribution in [1.29, 1.82) is 0 Å². The monoisotopic (exact) mass is 724 g/mol. The summed E-state index contributed by atoms with van der Waals surface area (Å²) in [6, 6.07) is 11.3. The predicted octanol–water partition coefficient (Wildman–Crippen LogP) is 11.7. The Balaban J connectivity index is 0.000000201. The van der Waals surface area contributed by atoms with Gasteiger partial charge in [-0.1, -0.05) is 65.2 Å².